The highest BCUT2D eigenvalue weighted by molar-refractivity contribution is 7.92. The van der Waals surface area contributed by atoms with Crippen LogP contribution in [0.2, 0.25) is 0 Å². The summed E-state index contributed by atoms with van der Waals surface area (Å²) in [5.41, 5.74) is 0.255. The summed E-state index contributed by atoms with van der Waals surface area (Å²) in [6.45, 7) is 13.3. The molecule has 11 heteroatoms. The van der Waals surface area contributed by atoms with Gasteiger partial charge in [0.15, 0.2) is 17.3 Å². The Morgan fingerprint density at radius 2 is 1.59 bits per heavy atom. The highest BCUT2D eigenvalue weighted by atomic mass is 32.2. The predicted molar refractivity (Wildman–Crippen MR) is 153 cm³/mol. The number of nitrogens with zero attached hydrogens (tertiary/aromatic N) is 3. The van der Waals surface area contributed by atoms with E-state index in [4.69, 9.17) is 9.47 Å². The molecular formula is C28H37N5O5S. The second-order valence-electron chi connectivity index (χ2n) is 10.8. The predicted octanol–water partition coefficient (Wildman–Crippen LogP) is 4.20. The van der Waals surface area contributed by atoms with Crippen molar-refractivity contribution < 1.29 is 17.9 Å². The van der Waals surface area contributed by atoms with E-state index in [9.17, 15) is 13.2 Å². The molecule has 4 rings (SSSR count). The standard InChI is InChI=1S/C28H37N5O5S/c1-19(2)32-15-17-33(18-16-32)27-29-25(24(26(34)30-27)38-23-10-8-7-9-22(23)37-6)31-39(35,36)21-13-11-20(12-14-21)28(3,4)5/h7-14,19H,15-18H2,1-6H3,(H2,29,30,31,34). The monoisotopic (exact) mass is 555 g/mol. The molecule has 2 aromatic carbocycles. The second-order valence-corrected chi connectivity index (χ2v) is 12.5. The molecule has 1 aliphatic heterocycles. The van der Waals surface area contributed by atoms with Gasteiger partial charge in [-0.3, -0.25) is 19.4 Å². The van der Waals surface area contributed by atoms with Crippen molar-refractivity contribution in [3.05, 3.63) is 64.4 Å². The lowest BCUT2D eigenvalue weighted by Crippen LogP contribution is -2.49. The molecule has 2 N–H and O–H groups in total. The Labute approximate surface area is 230 Å². The van der Waals surface area contributed by atoms with E-state index in [1.54, 1.807) is 48.5 Å². The van der Waals surface area contributed by atoms with Gasteiger partial charge in [-0.25, -0.2) is 8.42 Å². The molecule has 210 valence electrons. The maximum Gasteiger partial charge on any atom is 0.297 e. The van der Waals surface area contributed by atoms with Crippen molar-refractivity contribution >= 4 is 21.8 Å². The normalized spacial score (nSPS) is 14.9. The van der Waals surface area contributed by atoms with E-state index in [2.05, 4.69) is 54.2 Å². The number of sulfonamides is 1. The Morgan fingerprint density at radius 1 is 0.974 bits per heavy atom. The Hall–Kier alpha value is -3.57. The molecule has 0 amide bonds. The number of anilines is 2. The largest absolute Gasteiger partial charge is 0.493 e. The Balaban J connectivity index is 1.73. The molecule has 0 radical (unpaired) electrons. The number of aromatic nitrogens is 2. The lowest BCUT2D eigenvalue weighted by molar-refractivity contribution is 0.208. The molecule has 3 aromatic rings. The molecule has 0 saturated carbocycles. The molecule has 0 unspecified atom stereocenters. The third kappa shape index (κ3) is 6.54. The minimum absolute atomic E-state index is 0.0490. The van der Waals surface area contributed by atoms with E-state index < -0.39 is 15.6 Å². The quantitative estimate of drug-likeness (QED) is 0.425. The van der Waals surface area contributed by atoms with Gasteiger partial charge in [-0.2, -0.15) is 4.98 Å². The van der Waals surface area contributed by atoms with Crippen LogP contribution in [-0.2, 0) is 15.4 Å². The molecule has 2 heterocycles. The number of nitrogens with one attached hydrogen (secondary N) is 2. The number of ether oxygens (including phenoxy) is 2. The summed E-state index contributed by atoms with van der Waals surface area (Å²) in [6.07, 6.45) is 0. The van der Waals surface area contributed by atoms with Crippen molar-refractivity contribution in [2.45, 2.75) is 51.0 Å². The summed E-state index contributed by atoms with van der Waals surface area (Å²) in [5, 5.41) is 0. The first-order valence-electron chi connectivity index (χ1n) is 13.0. The first-order chi connectivity index (χ1) is 18.4. The van der Waals surface area contributed by atoms with Crippen LogP contribution in [0.25, 0.3) is 0 Å². The average Bonchev–Trinajstić information content (AvgIpc) is 2.90. The van der Waals surface area contributed by atoms with Crippen LogP contribution in [0.15, 0.2) is 58.2 Å². The van der Waals surface area contributed by atoms with Gasteiger partial charge in [0.05, 0.1) is 12.0 Å². The van der Waals surface area contributed by atoms with E-state index in [1.165, 1.54) is 7.11 Å². The number of piperazine rings is 1. The molecule has 0 atom stereocenters. The van der Waals surface area contributed by atoms with Gasteiger partial charge < -0.3 is 14.4 Å². The van der Waals surface area contributed by atoms with Gasteiger partial charge in [-0.15, -0.1) is 0 Å². The van der Waals surface area contributed by atoms with Gasteiger partial charge in [0.2, 0.25) is 11.7 Å². The number of hydrogen-bond acceptors (Lipinski definition) is 8. The summed E-state index contributed by atoms with van der Waals surface area (Å²) in [6, 6.07) is 13.9. The van der Waals surface area contributed by atoms with Gasteiger partial charge in [0, 0.05) is 32.2 Å². The third-order valence-electron chi connectivity index (χ3n) is 6.75. The minimum Gasteiger partial charge on any atom is -0.493 e. The first-order valence-corrected chi connectivity index (χ1v) is 14.4. The van der Waals surface area contributed by atoms with E-state index in [0.29, 0.717) is 24.9 Å². The molecular weight excluding hydrogens is 518 g/mol. The van der Waals surface area contributed by atoms with Gasteiger partial charge in [-0.1, -0.05) is 45.0 Å². The zero-order chi connectivity index (χ0) is 28.4. The zero-order valence-electron chi connectivity index (χ0n) is 23.3. The molecule has 39 heavy (non-hydrogen) atoms. The van der Waals surface area contributed by atoms with Crippen LogP contribution in [0.3, 0.4) is 0 Å². The van der Waals surface area contributed by atoms with Crippen molar-refractivity contribution in [3.63, 3.8) is 0 Å². The third-order valence-corrected chi connectivity index (χ3v) is 8.11. The lowest BCUT2D eigenvalue weighted by Gasteiger charge is -2.37. The van der Waals surface area contributed by atoms with Crippen LogP contribution in [-0.4, -0.2) is 62.6 Å². The maximum atomic E-state index is 13.4. The number of benzene rings is 2. The summed E-state index contributed by atoms with van der Waals surface area (Å²) < 4.78 is 40.7. The Morgan fingerprint density at radius 3 is 2.15 bits per heavy atom. The number of H-pyrrole nitrogens is 1. The van der Waals surface area contributed by atoms with Crippen LogP contribution in [0.4, 0.5) is 11.8 Å². The minimum atomic E-state index is -4.09. The van der Waals surface area contributed by atoms with Crippen LogP contribution in [0.1, 0.15) is 40.2 Å². The van der Waals surface area contributed by atoms with Crippen LogP contribution in [0.5, 0.6) is 17.2 Å². The van der Waals surface area contributed by atoms with E-state index >= 15 is 0 Å². The first kappa shape index (κ1) is 28.4. The molecule has 1 fully saturated rings. The highest BCUT2D eigenvalue weighted by Gasteiger charge is 2.26. The van der Waals surface area contributed by atoms with Gasteiger partial charge in [-0.05, 0) is 49.1 Å². The molecule has 0 spiro atoms. The maximum absolute atomic E-state index is 13.4. The molecule has 0 aliphatic carbocycles. The number of rotatable bonds is 8. The average molecular weight is 556 g/mol. The lowest BCUT2D eigenvalue weighted by atomic mass is 9.87. The number of para-hydroxylation sites is 2. The SMILES string of the molecule is COc1ccccc1Oc1c(NS(=O)(=O)c2ccc(C(C)(C)C)cc2)nc(N2CCN(C(C)C)CC2)[nH]c1=O. The van der Waals surface area contributed by atoms with Gasteiger partial charge >= 0.3 is 0 Å². The second kappa shape index (κ2) is 11.3. The molecule has 1 aromatic heterocycles. The highest BCUT2D eigenvalue weighted by Crippen LogP contribution is 2.34. The van der Waals surface area contributed by atoms with Crippen LogP contribution < -0.4 is 24.7 Å². The summed E-state index contributed by atoms with van der Waals surface area (Å²) >= 11 is 0. The topological polar surface area (TPSA) is 117 Å². The zero-order valence-corrected chi connectivity index (χ0v) is 24.1. The van der Waals surface area contributed by atoms with Gasteiger partial charge in [0.25, 0.3) is 15.6 Å². The van der Waals surface area contributed by atoms with Crippen LogP contribution >= 0.6 is 0 Å². The fourth-order valence-electron chi connectivity index (χ4n) is 4.35. The molecule has 0 bridgehead atoms. The van der Waals surface area contributed by atoms with Crippen molar-refractivity contribution in [1.29, 1.82) is 0 Å². The number of methoxy groups -OCH3 is 1. The van der Waals surface area contributed by atoms with Crippen molar-refractivity contribution in [3.8, 4) is 17.2 Å². The van der Waals surface area contributed by atoms with Crippen molar-refractivity contribution in [2.75, 3.05) is 42.9 Å². The number of hydrogen-bond donors (Lipinski definition) is 2. The van der Waals surface area contributed by atoms with Crippen LogP contribution in [0, 0.1) is 0 Å². The van der Waals surface area contributed by atoms with Crippen molar-refractivity contribution in [2.24, 2.45) is 0 Å². The Kier molecular flexibility index (Phi) is 8.22. The fraction of sp³-hybridized carbons (Fsp3) is 0.429. The van der Waals surface area contributed by atoms with E-state index in [0.717, 1.165) is 18.7 Å². The fourth-order valence-corrected chi connectivity index (χ4v) is 5.35. The van der Waals surface area contributed by atoms with Crippen molar-refractivity contribution in [1.82, 2.24) is 14.9 Å². The molecule has 10 nitrogen and oxygen atoms in total. The smallest absolute Gasteiger partial charge is 0.297 e. The van der Waals surface area contributed by atoms with E-state index in [1.807, 2.05) is 4.90 Å². The Bertz CT molecular complexity index is 1450. The summed E-state index contributed by atoms with van der Waals surface area (Å²) in [5.74, 6) is 0.430. The molecule has 1 saturated heterocycles. The number of aromatic amines is 1. The summed E-state index contributed by atoms with van der Waals surface area (Å²) in [7, 11) is -2.61. The summed E-state index contributed by atoms with van der Waals surface area (Å²) in [4.78, 5) is 25.0. The molecule has 1 aliphatic rings. The van der Waals surface area contributed by atoms with E-state index in [-0.39, 0.29) is 33.6 Å². The van der Waals surface area contributed by atoms with Gasteiger partial charge in [0.1, 0.15) is 0 Å².